The Morgan fingerprint density at radius 2 is 1.88 bits per heavy atom. The first kappa shape index (κ1) is 17.9. The molecule has 2 aromatic heterocycles. The van der Waals surface area contributed by atoms with Crippen molar-refractivity contribution in [3.8, 4) is 0 Å². The van der Waals surface area contributed by atoms with Crippen molar-refractivity contribution in [3.05, 3.63) is 52.2 Å². The molecule has 3 aromatic rings. The van der Waals surface area contributed by atoms with Crippen molar-refractivity contribution in [2.45, 2.75) is 31.2 Å². The van der Waals surface area contributed by atoms with Gasteiger partial charge in [0.2, 0.25) is 0 Å². The van der Waals surface area contributed by atoms with Crippen LogP contribution < -0.4 is 0 Å². The smallest absolute Gasteiger partial charge is 0.145 e. The number of thiophene rings is 1. The maximum absolute atomic E-state index is 5.45. The molecule has 1 aliphatic rings. The molecule has 0 amide bonds. The molecule has 0 atom stereocenters. The predicted octanol–water partition coefficient (Wildman–Crippen LogP) is 4.43. The molecule has 4 nitrogen and oxygen atoms in total. The van der Waals surface area contributed by atoms with Gasteiger partial charge in [0.05, 0.1) is 19.8 Å². The van der Waals surface area contributed by atoms with E-state index in [1.165, 1.54) is 21.4 Å². The summed E-state index contributed by atoms with van der Waals surface area (Å²) in [5, 5.41) is 2.35. The van der Waals surface area contributed by atoms with Gasteiger partial charge >= 0.3 is 0 Å². The van der Waals surface area contributed by atoms with Crippen LogP contribution in [0.1, 0.15) is 21.8 Å². The molecule has 136 valence electrons. The van der Waals surface area contributed by atoms with Crippen molar-refractivity contribution < 1.29 is 4.74 Å². The van der Waals surface area contributed by atoms with Gasteiger partial charge in [-0.15, -0.1) is 23.1 Å². The van der Waals surface area contributed by atoms with E-state index in [2.05, 4.69) is 49.1 Å². The van der Waals surface area contributed by atoms with Crippen molar-refractivity contribution in [2.75, 3.05) is 26.3 Å². The van der Waals surface area contributed by atoms with Gasteiger partial charge in [-0.3, -0.25) is 4.90 Å². The third kappa shape index (κ3) is 3.93. The Morgan fingerprint density at radius 3 is 2.65 bits per heavy atom. The Hall–Kier alpha value is -1.47. The number of rotatable bonds is 5. The Labute approximate surface area is 162 Å². The lowest BCUT2D eigenvalue weighted by molar-refractivity contribution is 0.0330. The molecule has 4 rings (SSSR count). The maximum Gasteiger partial charge on any atom is 0.145 e. The zero-order chi connectivity index (χ0) is 17.9. The molecular formula is C20H23N3OS2. The van der Waals surface area contributed by atoms with Crippen LogP contribution in [0, 0.1) is 13.8 Å². The highest BCUT2D eigenvalue weighted by Crippen LogP contribution is 2.36. The Morgan fingerprint density at radius 1 is 1.12 bits per heavy atom. The van der Waals surface area contributed by atoms with Gasteiger partial charge in [-0.25, -0.2) is 9.97 Å². The third-order valence-electron chi connectivity index (χ3n) is 4.73. The number of morpholine rings is 1. The zero-order valence-corrected chi connectivity index (χ0v) is 16.8. The topological polar surface area (TPSA) is 38.2 Å². The first-order valence-electron chi connectivity index (χ1n) is 8.94. The second kappa shape index (κ2) is 8.05. The van der Waals surface area contributed by atoms with Crippen molar-refractivity contribution in [1.82, 2.24) is 14.9 Å². The van der Waals surface area contributed by atoms with E-state index >= 15 is 0 Å². The monoisotopic (exact) mass is 385 g/mol. The summed E-state index contributed by atoms with van der Waals surface area (Å²) in [5.41, 5.74) is 2.64. The van der Waals surface area contributed by atoms with E-state index in [4.69, 9.17) is 14.7 Å². The van der Waals surface area contributed by atoms with E-state index in [0.717, 1.165) is 54.3 Å². The molecular weight excluding hydrogens is 362 g/mol. The molecule has 1 fully saturated rings. The van der Waals surface area contributed by atoms with Crippen LogP contribution in [0.3, 0.4) is 0 Å². The summed E-state index contributed by atoms with van der Waals surface area (Å²) in [5.74, 6) is 1.86. The number of nitrogens with zero attached hydrogens (tertiary/aromatic N) is 3. The van der Waals surface area contributed by atoms with Gasteiger partial charge < -0.3 is 4.74 Å². The van der Waals surface area contributed by atoms with Crippen LogP contribution in [0.4, 0.5) is 0 Å². The fraction of sp³-hybridized carbons (Fsp3) is 0.400. The van der Waals surface area contributed by atoms with Gasteiger partial charge in [-0.1, -0.05) is 30.3 Å². The van der Waals surface area contributed by atoms with E-state index in [1.807, 2.05) is 11.8 Å². The molecule has 0 aliphatic carbocycles. The highest BCUT2D eigenvalue weighted by molar-refractivity contribution is 7.98. The zero-order valence-electron chi connectivity index (χ0n) is 15.2. The number of hydrogen-bond acceptors (Lipinski definition) is 6. The van der Waals surface area contributed by atoms with Gasteiger partial charge in [-0.05, 0) is 25.0 Å². The normalized spacial score (nSPS) is 15.6. The van der Waals surface area contributed by atoms with Gasteiger partial charge in [-0.2, -0.15) is 0 Å². The first-order chi connectivity index (χ1) is 12.7. The molecule has 0 saturated carbocycles. The first-order valence-corrected chi connectivity index (χ1v) is 10.7. The van der Waals surface area contributed by atoms with Crippen molar-refractivity contribution >= 4 is 33.3 Å². The number of aromatic nitrogens is 2. The van der Waals surface area contributed by atoms with Crippen LogP contribution >= 0.6 is 23.1 Å². The molecule has 0 spiro atoms. The number of fused-ring (bicyclic) bond motifs is 1. The SMILES string of the molecule is Cc1sc2nc(CN3CCOCC3)nc(SCc3ccccc3)c2c1C. The van der Waals surface area contributed by atoms with Gasteiger partial charge in [0.1, 0.15) is 15.7 Å². The summed E-state index contributed by atoms with van der Waals surface area (Å²) >= 11 is 3.60. The van der Waals surface area contributed by atoms with Crippen LogP contribution in [0.15, 0.2) is 35.4 Å². The minimum absolute atomic E-state index is 0.800. The van der Waals surface area contributed by atoms with Crippen molar-refractivity contribution in [3.63, 3.8) is 0 Å². The highest BCUT2D eigenvalue weighted by atomic mass is 32.2. The summed E-state index contributed by atoms with van der Waals surface area (Å²) in [6, 6.07) is 10.6. The minimum atomic E-state index is 0.800. The second-order valence-corrected chi connectivity index (χ2v) is 8.74. The van der Waals surface area contributed by atoms with Crippen molar-refractivity contribution in [1.29, 1.82) is 0 Å². The van der Waals surface area contributed by atoms with E-state index < -0.39 is 0 Å². The van der Waals surface area contributed by atoms with Crippen LogP contribution in [-0.4, -0.2) is 41.2 Å². The number of aryl methyl sites for hydroxylation is 2. The Balaban J connectivity index is 1.64. The lowest BCUT2D eigenvalue weighted by atomic mass is 10.2. The average molecular weight is 386 g/mol. The van der Waals surface area contributed by atoms with Gasteiger partial charge in [0, 0.05) is 29.1 Å². The van der Waals surface area contributed by atoms with Crippen LogP contribution in [0.25, 0.3) is 10.2 Å². The third-order valence-corrected chi connectivity index (χ3v) is 6.88. The average Bonchev–Trinajstić information content (AvgIpc) is 2.95. The number of hydrogen-bond donors (Lipinski definition) is 0. The Bertz CT molecular complexity index is 889. The number of benzene rings is 1. The molecule has 3 heterocycles. The molecule has 1 saturated heterocycles. The summed E-state index contributed by atoms with van der Waals surface area (Å²) in [4.78, 5) is 14.7. The van der Waals surface area contributed by atoms with Crippen LogP contribution in [-0.2, 0) is 17.0 Å². The lowest BCUT2D eigenvalue weighted by Crippen LogP contribution is -2.36. The summed E-state index contributed by atoms with van der Waals surface area (Å²) < 4.78 is 5.45. The molecule has 0 unspecified atom stereocenters. The van der Waals surface area contributed by atoms with E-state index in [9.17, 15) is 0 Å². The Kier molecular flexibility index (Phi) is 5.55. The number of ether oxygens (including phenoxy) is 1. The van der Waals surface area contributed by atoms with Crippen molar-refractivity contribution in [2.24, 2.45) is 0 Å². The molecule has 1 aromatic carbocycles. The number of thioether (sulfide) groups is 1. The highest BCUT2D eigenvalue weighted by Gasteiger charge is 2.18. The lowest BCUT2D eigenvalue weighted by Gasteiger charge is -2.25. The van der Waals surface area contributed by atoms with E-state index in [0.29, 0.717) is 0 Å². The van der Waals surface area contributed by atoms with Crippen LogP contribution in [0.2, 0.25) is 0 Å². The quantitative estimate of drug-likeness (QED) is 0.480. The molecule has 1 aliphatic heterocycles. The van der Waals surface area contributed by atoms with Crippen LogP contribution in [0.5, 0.6) is 0 Å². The summed E-state index contributed by atoms with van der Waals surface area (Å²) in [7, 11) is 0. The molecule has 26 heavy (non-hydrogen) atoms. The summed E-state index contributed by atoms with van der Waals surface area (Å²) in [6.07, 6.45) is 0. The molecule has 0 bridgehead atoms. The fourth-order valence-corrected chi connectivity index (χ4v) is 5.29. The largest absolute Gasteiger partial charge is 0.379 e. The van der Waals surface area contributed by atoms with Gasteiger partial charge in [0.25, 0.3) is 0 Å². The van der Waals surface area contributed by atoms with E-state index in [-0.39, 0.29) is 0 Å². The van der Waals surface area contributed by atoms with E-state index in [1.54, 1.807) is 11.3 Å². The fourth-order valence-electron chi connectivity index (χ4n) is 3.12. The standard InChI is InChI=1S/C20H23N3OS2/c1-14-15(2)26-20-18(14)19(25-13-16-6-4-3-5-7-16)21-17(22-20)12-23-8-10-24-11-9-23/h3-7H,8-13H2,1-2H3. The molecule has 0 radical (unpaired) electrons. The van der Waals surface area contributed by atoms with Gasteiger partial charge in [0.15, 0.2) is 0 Å². The minimum Gasteiger partial charge on any atom is -0.379 e. The molecule has 6 heteroatoms. The maximum atomic E-state index is 5.45. The molecule has 0 N–H and O–H groups in total. The second-order valence-electron chi connectivity index (χ2n) is 6.57. The summed E-state index contributed by atoms with van der Waals surface area (Å²) in [6.45, 7) is 8.67. The predicted molar refractivity (Wildman–Crippen MR) is 109 cm³/mol.